The first-order valence-corrected chi connectivity index (χ1v) is 6.65. The smallest absolute Gasteiger partial charge is 0.0733 e. The van der Waals surface area contributed by atoms with Crippen LogP contribution in [0.1, 0.15) is 29.3 Å². The minimum Gasteiger partial charge on any atom is -0.380 e. The number of anilines is 1. The van der Waals surface area contributed by atoms with E-state index >= 15 is 0 Å². The molecule has 1 aromatic heterocycles. The van der Waals surface area contributed by atoms with Gasteiger partial charge in [-0.05, 0) is 30.5 Å². The zero-order valence-electron chi connectivity index (χ0n) is 11.1. The summed E-state index contributed by atoms with van der Waals surface area (Å²) in [7, 11) is 1.73. The molecule has 1 heterocycles. The van der Waals surface area contributed by atoms with E-state index in [0.29, 0.717) is 12.6 Å². The fraction of sp³-hybridized carbons (Fsp3) is 0.312. The molecule has 0 amide bonds. The molecule has 1 N–H and O–H groups in total. The first kappa shape index (κ1) is 12.2. The lowest BCUT2D eigenvalue weighted by molar-refractivity contribution is 0.185. The first-order valence-electron chi connectivity index (χ1n) is 6.65. The van der Waals surface area contributed by atoms with Crippen molar-refractivity contribution in [2.45, 2.75) is 25.5 Å². The minimum atomic E-state index is 0.314. The zero-order chi connectivity index (χ0) is 13.1. The van der Waals surface area contributed by atoms with E-state index in [0.717, 1.165) is 18.5 Å². The van der Waals surface area contributed by atoms with E-state index in [2.05, 4.69) is 34.6 Å². The number of methoxy groups -OCH3 is 1. The maximum Gasteiger partial charge on any atom is 0.0733 e. The summed E-state index contributed by atoms with van der Waals surface area (Å²) < 4.78 is 5.25. The van der Waals surface area contributed by atoms with E-state index in [9.17, 15) is 0 Å². The van der Waals surface area contributed by atoms with Crippen molar-refractivity contribution in [3.63, 3.8) is 0 Å². The van der Waals surface area contributed by atoms with Gasteiger partial charge in [0.05, 0.1) is 18.3 Å². The molecule has 1 aromatic carbocycles. The van der Waals surface area contributed by atoms with Gasteiger partial charge in [0.25, 0.3) is 0 Å². The molecule has 0 fully saturated rings. The molecule has 2 aromatic rings. The predicted molar refractivity (Wildman–Crippen MR) is 76.1 cm³/mol. The largest absolute Gasteiger partial charge is 0.380 e. The monoisotopic (exact) mass is 254 g/mol. The van der Waals surface area contributed by atoms with Gasteiger partial charge in [0.2, 0.25) is 0 Å². The Hall–Kier alpha value is -1.87. The topological polar surface area (TPSA) is 34.1 Å². The second kappa shape index (κ2) is 5.41. The van der Waals surface area contributed by atoms with E-state index in [4.69, 9.17) is 4.74 Å². The molecule has 0 bridgehead atoms. The van der Waals surface area contributed by atoms with Gasteiger partial charge in [-0.1, -0.05) is 24.3 Å². The summed E-state index contributed by atoms with van der Waals surface area (Å²) in [6.45, 7) is 0.630. The lowest BCUT2D eigenvalue weighted by atomic mass is 10.1. The summed E-state index contributed by atoms with van der Waals surface area (Å²) in [6.07, 6.45) is 4.08. The average Bonchev–Trinajstić information content (AvgIpc) is 2.85. The van der Waals surface area contributed by atoms with Crippen molar-refractivity contribution >= 4 is 5.69 Å². The average molecular weight is 254 g/mol. The van der Waals surface area contributed by atoms with E-state index in [1.807, 2.05) is 18.3 Å². The number of benzene rings is 1. The lowest BCUT2D eigenvalue weighted by Gasteiger charge is -2.17. The van der Waals surface area contributed by atoms with Crippen molar-refractivity contribution in [2.24, 2.45) is 0 Å². The highest BCUT2D eigenvalue weighted by Crippen LogP contribution is 2.32. The van der Waals surface area contributed by atoms with Crippen molar-refractivity contribution < 1.29 is 4.74 Å². The number of para-hydroxylation sites is 1. The van der Waals surface area contributed by atoms with Crippen LogP contribution in [0.15, 0.2) is 42.6 Å². The molecule has 1 atom stereocenters. The SMILES string of the molecule is COCc1ccccc1NC1CCc2cccnc21. The van der Waals surface area contributed by atoms with Crippen LogP contribution in [0.4, 0.5) is 5.69 Å². The number of hydrogen-bond acceptors (Lipinski definition) is 3. The highest BCUT2D eigenvalue weighted by Gasteiger charge is 2.23. The second-order valence-electron chi connectivity index (χ2n) is 4.87. The molecular weight excluding hydrogens is 236 g/mol. The summed E-state index contributed by atoms with van der Waals surface area (Å²) in [5, 5.41) is 3.61. The Morgan fingerprint density at radius 3 is 3.05 bits per heavy atom. The molecule has 0 saturated heterocycles. The molecule has 98 valence electrons. The Kier molecular flexibility index (Phi) is 3.47. The normalized spacial score (nSPS) is 17.2. The maximum absolute atomic E-state index is 5.25. The van der Waals surface area contributed by atoms with Gasteiger partial charge in [-0.2, -0.15) is 0 Å². The summed E-state index contributed by atoms with van der Waals surface area (Å²) in [6, 6.07) is 12.8. The van der Waals surface area contributed by atoms with Gasteiger partial charge in [0, 0.05) is 24.6 Å². The van der Waals surface area contributed by atoms with Crippen LogP contribution >= 0.6 is 0 Å². The number of nitrogens with one attached hydrogen (secondary N) is 1. The number of aromatic nitrogens is 1. The first-order chi connectivity index (χ1) is 9.38. The van der Waals surface area contributed by atoms with Gasteiger partial charge in [0.15, 0.2) is 0 Å². The van der Waals surface area contributed by atoms with Crippen molar-refractivity contribution in [3.8, 4) is 0 Å². The van der Waals surface area contributed by atoms with E-state index in [1.54, 1.807) is 7.11 Å². The molecule has 1 aliphatic carbocycles. The molecule has 0 radical (unpaired) electrons. The van der Waals surface area contributed by atoms with Gasteiger partial charge in [0.1, 0.15) is 0 Å². The van der Waals surface area contributed by atoms with Crippen LogP contribution in [0.25, 0.3) is 0 Å². The summed E-state index contributed by atoms with van der Waals surface area (Å²) in [5.74, 6) is 0. The number of pyridine rings is 1. The number of hydrogen-bond donors (Lipinski definition) is 1. The number of nitrogens with zero attached hydrogens (tertiary/aromatic N) is 1. The van der Waals surface area contributed by atoms with Crippen molar-refractivity contribution in [2.75, 3.05) is 12.4 Å². The van der Waals surface area contributed by atoms with Gasteiger partial charge in [-0.15, -0.1) is 0 Å². The minimum absolute atomic E-state index is 0.314. The molecule has 19 heavy (non-hydrogen) atoms. The molecule has 3 rings (SSSR count). The van der Waals surface area contributed by atoms with Crippen LogP contribution in [-0.2, 0) is 17.8 Å². The van der Waals surface area contributed by atoms with Gasteiger partial charge in [-0.3, -0.25) is 4.98 Å². The zero-order valence-corrected chi connectivity index (χ0v) is 11.1. The van der Waals surface area contributed by atoms with E-state index in [1.165, 1.54) is 16.8 Å². The molecule has 0 aliphatic heterocycles. The molecule has 1 aliphatic rings. The fourth-order valence-electron chi connectivity index (χ4n) is 2.68. The number of fused-ring (bicyclic) bond motifs is 1. The van der Waals surface area contributed by atoms with Crippen LogP contribution < -0.4 is 5.32 Å². The van der Waals surface area contributed by atoms with E-state index in [-0.39, 0.29) is 0 Å². The molecule has 3 heteroatoms. The molecule has 0 spiro atoms. The second-order valence-corrected chi connectivity index (χ2v) is 4.87. The Bertz CT molecular complexity index is 568. The van der Waals surface area contributed by atoms with Crippen LogP contribution in [0, 0.1) is 0 Å². The maximum atomic E-state index is 5.25. The predicted octanol–water partition coefficient (Wildman–Crippen LogP) is 3.33. The number of ether oxygens (including phenoxy) is 1. The Morgan fingerprint density at radius 2 is 2.16 bits per heavy atom. The number of aryl methyl sites for hydroxylation is 1. The standard InChI is InChI=1S/C16H18N2O/c1-19-11-13-5-2-3-7-14(13)18-15-9-8-12-6-4-10-17-16(12)15/h2-7,10,15,18H,8-9,11H2,1H3. The van der Waals surface area contributed by atoms with Crippen LogP contribution in [0.3, 0.4) is 0 Å². The van der Waals surface area contributed by atoms with Gasteiger partial charge >= 0.3 is 0 Å². The molecule has 1 unspecified atom stereocenters. The van der Waals surface area contributed by atoms with Crippen molar-refractivity contribution in [3.05, 3.63) is 59.4 Å². The highest BCUT2D eigenvalue weighted by atomic mass is 16.5. The van der Waals surface area contributed by atoms with Crippen molar-refractivity contribution in [1.29, 1.82) is 0 Å². The van der Waals surface area contributed by atoms with Crippen LogP contribution in [0.2, 0.25) is 0 Å². The fourth-order valence-corrected chi connectivity index (χ4v) is 2.68. The molecule has 3 nitrogen and oxygen atoms in total. The Labute approximate surface area is 113 Å². The van der Waals surface area contributed by atoms with Crippen LogP contribution in [-0.4, -0.2) is 12.1 Å². The molecular formula is C16H18N2O. The van der Waals surface area contributed by atoms with Crippen molar-refractivity contribution in [1.82, 2.24) is 4.98 Å². The summed E-state index contributed by atoms with van der Waals surface area (Å²) >= 11 is 0. The van der Waals surface area contributed by atoms with Crippen LogP contribution in [0.5, 0.6) is 0 Å². The summed E-state index contributed by atoms with van der Waals surface area (Å²) in [4.78, 5) is 4.52. The number of rotatable bonds is 4. The quantitative estimate of drug-likeness (QED) is 0.908. The highest BCUT2D eigenvalue weighted by molar-refractivity contribution is 5.53. The Morgan fingerprint density at radius 1 is 1.26 bits per heavy atom. The third-order valence-corrected chi connectivity index (χ3v) is 3.61. The third kappa shape index (κ3) is 2.47. The van der Waals surface area contributed by atoms with Gasteiger partial charge < -0.3 is 10.1 Å². The summed E-state index contributed by atoms with van der Waals surface area (Å²) in [5.41, 5.74) is 4.89. The Balaban J connectivity index is 1.83. The van der Waals surface area contributed by atoms with E-state index < -0.39 is 0 Å². The lowest BCUT2D eigenvalue weighted by Crippen LogP contribution is -2.10. The van der Waals surface area contributed by atoms with Gasteiger partial charge in [-0.25, -0.2) is 0 Å². The molecule has 0 saturated carbocycles. The third-order valence-electron chi connectivity index (χ3n) is 3.61.